The molecule has 5 rings (SSSR count). The van der Waals surface area contributed by atoms with Crippen molar-refractivity contribution < 1.29 is 14.0 Å². The minimum absolute atomic E-state index is 0.00251. The molecule has 2 atom stereocenters. The largest absolute Gasteiger partial charge is 0.326 e. The number of halogens is 2. The van der Waals surface area contributed by atoms with Crippen LogP contribution in [-0.4, -0.2) is 33.0 Å². The van der Waals surface area contributed by atoms with E-state index in [0.717, 1.165) is 28.0 Å². The second-order valence-corrected chi connectivity index (χ2v) is 10.7. The molecule has 6 nitrogen and oxygen atoms in total. The first-order chi connectivity index (χ1) is 17.7. The van der Waals surface area contributed by atoms with Crippen molar-refractivity contribution >= 4 is 51.7 Å². The maximum Gasteiger partial charge on any atom is 0.262 e. The van der Waals surface area contributed by atoms with E-state index in [1.807, 2.05) is 44.2 Å². The van der Waals surface area contributed by atoms with Crippen LogP contribution in [0.15, 0.2) is 76.8 Å². The number of anilines is 1. The number of hydrazone groups is 1. The van der Waals surface area contributed by atoms with Gasteiger partial charge in [-0.2, -0.15) is 10.1 Å². The molecule has 0 aromatic heterocycles. The van der Waals surface area contributed by atoms with Crippen LogP contribution in [0.2, 0.25) is 5.02 Å². The SMILES string of the molecule is Cc1cc(C)cc(NC(=O)C[C@H]2SC(N3N=C(c4ccc(F)cc4)C[C@H]3c3ccc(Cl)cc3)=NC2=O)c1. The van der Waals surface area contributed by atoms with E-state index >= 15 is 0 Å². The molecule has 2 aliphatic heterocycles. The molecule has 0 aliphatic carbocycles. The number of rotatable bonds is 5. The number of carbonyl (C=O) groups excluding carboxylic acids is 2. The lowest BCUT2D eigenvalue weighted by Gasteiger charge is -2.23. The average Bonchev–Trinajstić information content (AvgIpc) is 3.43. The van der Waals surface area contributed by atoms with Crippen LogP contribution in [0, 0.1) is 19.7 Å². The molecule has 0 spiro atoms. The molecule has 0 bridgehead atoms. The van der Waals surface area contributed by atoms with Gasteiger partial charge in [0.15, 0.2) is 5.17 Å². The Balaban J connectivity index is 1.35. The molecule has 3 aromatic rings. The normalized spacial score (nSPS) is 19.1. The third-order valence-corrected chi connectivity index (χ3v) is 7.54. The molecule has 0 saturated heterocycles. The second kappa shape index (κ2) is 10.5. The van der Waals surface area contributed by atoms with Crippen molar-refractivity contribution in [2.75, 3.05) is 5.32 Å². The molecule has 9 heteroatoms. The maximum absolute atomic E-state index is 13.5. The number of nitrogens with zero attached hydrogens (tertiary/aromatic N) is 3. The number of amides is 2. The molecule has 3 aromatic carbocycles. The molecule has 0 saturated carbocycles. The van der Waals surface area contributed by atoms with Gasteiger partial charge in [-0.3, -0.25) is 9.59 Å². The zero-order chi connectivity index (χ0) is 26.1. The highest BCUT2D eigenvalue weighted by molar-refractivity contribution is 8.15. The van der Waals surface area contributed by atoms with Crippen LogP contribution in [0.25, 0.3) is 0 Å². The second-order valence-electron chi connectivity index (χ2n) is 9.14. The zero-order valence-electron chi connectivity index (χ0n) is 20.2. The summed E-state index contributed by atoms with van der Waals surface area (Å²) >= 11 is 7.33. The van der Waals surface area contributed by atoms with Gasteiger partial charge < -0.3 is 5.32 Å². The van der Waals surface area contributed by atoms with Crippen LogP contribution < -0.4 is 5.32 Å². The van der Waals surface area contributed by atoms with Gasteiger partial charge in [-0.15, -0.1) is 0 Å². The summed E-state index contributed by atoms with van der Waals surface area (Å²) in [6.07, 6.45) is 0.538. The van der Waals surface area contributed by atoms with E-state index < -0.39 is 5.25 Å². The predicted octanol–water partition coefficient (Wildman–Crippen LogP) is 6.27. The molecule has 2 heterocycles. The number of benzene rings is 3. The topological polar surface area (TPSA) is 74.1 Å². The standard InChI is InChI=1S/C28H24ClFN4O2S/c1-16-11-17(2)13-22(12-16)31-26(35)15-25-27(36)32-28(37-25)34-24(19-3-7-20(29)8-4-19)14-23(33-34)18-5-9-21(30)10-6-18/h3-13,24-25H,14-15H2,1-2H3,(H,31,35)/t24-,25+/m0/s1. The summed E-state index contributed by atoms with van der Waals surface area (Å²) in [7, 11) is 0. The fraction of sp³-hybridized carbons (Fsp3) is 0.214. The average molecular weight is 535 g/mol. The summed E-state index contributed by atoms with van der Waals surface area (Å²) in [5.41, 5.74) is 5.30. The highest BCUT2D eigenvalue weighted by atomic mass is 35.5. The Morgan fingerprint density at radius 1 is 1.08 bits per heavy atom. The Kier molecular flexibility index (Phi) is 7.13. The minimum Gasteiger partial charge on any atom is -0.326 e. The van der Waals surface area contributed by atoms with E-state index in [9.17, 15) is 14.0 Å². The highest BCUT2D eigenvalue weighted by Gasteiger charge is 2.39. The molecule has 0 fully saturated rings. The van der Waals surface area contributed by atoms with Gasteiger partial charge in [-0.25, -0.2) is 9.40 Å². The number of carbonyl (C=O) groups is 2. The van der Waals surface area contributed by atoms with Crippen LogP contribution in [0.4, 0.5) is 10.1 Å². The lowest BCUT2D eigenvalue weighted by molar-refractivity contribution is -0.121. The first-order valence-corrected chi connectivity index (χ1v) is 13.1. The summed E-state index contributed by atoms with van der Waals surface area (Å²) in [4.78, 5) is 29.8. The number of amidine groups is 1. The van der Waals surface area contributed by atoms with Crippen molar-refractivity contribution in [2.24, 2.45) is 10.1 Å². The van der Waals surface area contributed by atoms with Gasteiger partial charge in [0.1, 0.15) is 11.1 Å². The van der Waals surface area contributed by atoms with Gasteiger partial charge in [-0.05, 0) is 72.5 Å². The number of hydrogen-bond acceptors (Lipinski definition) is 5. The quantitative estimate of drug-likeness (QED) is 0.418. The summed E-state index contributed by atoms with van der Waals surface area (Å²) < 4.78 is 13.5. The monoisotopic (exact) mass is 534 g/mol. The highest BCUT2D eigenvalue weighted by Crippen LogP contribution is 2.39. The number of nitrogens with one attached hydrogen (secondary N) is 1. The van der Waals surface area contributed by atoms with Crippen molar-refractivity contribution in [1.82, 2.24) is 5.01 Å². The van der Waals surface area contributed by atoms with Crippen molar-refractivity contribution in [3.63, 3.8) is 0 Å². The van der Waals surface area contributed by atoms with Gasteiger partial charge in [0.2, 0.25) is 5.91 Å². The van der Waals surface area contributed by atoms with E-state index in [4.69, 9.17) is 16.7 Å². The Morgan fingerprint density at radius 2 is 1.76 bits per heavy atom. The summed E-state index contributed by atoms with van der Waals surface area (Å²) in [5.74, 6) is -0.939. The molecular formula is C28H24ClFN4O2S. The van der Waals surface area contributed by atoms with Gasteiger partial charge in [0, 0.05) is 23.6 Å². The molecular weight excluding hydrogens is 511 g/mol. The first kappa shape index (κ1) is 25.2. The molecule has 0 unspecified atom stereocenters. The van der Waals surface area contributed by atoms with Crippen LogP contribution in [0.5, 0.6) is 0 Å². The third-order valence-electron chi connectivity index (χ3n) is 6.14. The van der Waals surface area contributed by atoms with E-state index in [1.165, 1.54) is 23.9 Å². The molecule has 2 aliphatic rings. The van der Waals surface area contributed by atoms with E-state index in [1.54, 1.807) is 29.3 Å². The van der Waals surface area contributed by atoms with Gasteiger partial charge >= 0.3 is 0 Å². The summed E-state index contributed by atoms with van der Waals surface area (Å²) in [6.45, 7) is 3.93. The van der Waals surface area contributed by atoms with Crippen LogP contribution in [0.1, 0.15) is 41.1 Å². The van der Waals surface area contributed by atoms with E-state index in [2.05, 4.69) is 10.3 Å². The number of hydrogen-bond donors (Lipinski definition) is 1. The molecule has 0 radical (unpaired) electrons. The minimum atomic E-state index is -0.642. The number of thioether (sulfide) groups is 1. The van der Waals surface area contributed by atoms with Crippen molar-refractivity contribution in [2.45, 2.75) is 38.0 Å². The fourth-order valence-corrected chi connectivity index (χ4v) is 5.67. The Bertz CT molecular complexity index is 1400. The Hall–Kier alpha value is -3.49. The molecule has 2 amide bonds. The van der Waals surface area contributed by atoms with Crippen molar-refractivity contribution in [3.8, 4) is 0 Å². The number of aryl methyl sites for hydroxylation is 2. The Morgan fingerprint density at radius 3 is 2.43 bits per heavy atom. The first-order valence-electron chi connectivity index (χ1n) is 11.8. The van der Waals surface area contributed by atoms with Gasteiger partial charge in [0.05, 0.1) is 11.8 Å². The maximum atomic E-state index is 13.5. The zero-order valence-corrected chi connectivity index (χ0v) is 21.8. The van der Waals surface area contributed by atoms with Crippen molar-refractivity contribution in [1.29, 1.82) is 0 Å². The van der Waals surface area contributed by atoms with Crippen molar-refractivity contribution in [3.05, 3.63) is 99.8 Å². The van der Waals surface area contributed by atoms with Crippen LogP contribution in [-0.2, 0) is 9.59 Å². The summed E-state index contributed by atoms with van der Waals surface area (Å²) in [5, 5.41) is 9.80. The fourth-order valence-electron chi connectivity index (χ4n) is 4.48. The predicted molar refractivity (Wildman–Crippen MR) is 147 cm³/mol. The molecule has 188 valence electrons. The molecule has 1 N–H and O–H groups in total. The smallest absolute Gasteiger partial charge is 0.262 e. The third kappa shape index (κ3) is 5.76. The Labute approximate surface area is 223 Å². The van der Waals surface area contributed by atoms with Gasteiger partial charge in [0.25, 0.3) is 5.91 Å². The number of aliphatic imine (C=N–C) groups is 1. The lowest BCUT2D eigenvalue weighted by atomic mass is 9.99. The lowest BCUT2D eigenvalue weighted by Crippen LogP contribution is -2.25. The van der Waals surface area contributed by atoms with Crippen LogP contribution >= 0.6 is 23.4 Å². The van der Waals surface area contributed by atoms with Crippen LogP contribution in [0.3, 0.4) is 0 Å². The van der Waals surface area contributed by atoms with Gasteiger partial charge in [-0.1, -0.05) is 53.7 Å². The van der Waals surface area contributed by atoms with E-state index in [0.29, 0.717) is 22.3 Å². The summed E-state index contributed by atoms with van der Waals surface area (Å²) in [6, 6.07) is 19.2. The van der Waals surface area contributed by atoms with E-state index in [-0.39, 0.29) is 30.1 Å². The molecule has 37 heavy (non-hydrogen) atoms.